The molecule has 3 aromatic carbocycles. The van der Waals surface area contributed by atoms with Gasteiger partial charge in [0.1, 0.15) is 5.75 Å². The Morgan fingerprint density at radius 1 is 1.02 bits per heavy atom. The number of piperidine rings is 1. The fraction of sp³-hybridized carbons (Fsp3) is 0.455. The third-order valence-electron chi connectivity index (χ3n) is 8.27. The number of fused-ring (bicyclic) bond motifs is 1. The largest absolute Gasteiger partial charge is 0.497 e. The predicted octanol–water partition coefficient (Wildman–Crippen LogP) is 5.18. The van der Waals surface area contributed by atoms with Gasteiger partial charge >= 0.3 is 0 Å². The number of benzene rings is 3. The van der Waals surface area contributed by atoms with Crippen molar-refractivity contribution in [2.24, 2.45) is 0 Å². The van der Waals surface area contributed by atoms with Crippen LogP contribution in [-0.4, -0.2) is 73.5 Å². The molecule has 2 aliphatic heterocycles. The van der Waals surface area contributed by atoms with Gasteiger partial charge in [0.25, 0.3) is 5.91 Å². The quantitative estimate of drug-likeness (QED) is 0.367. The van der Waals surface area contributed by atoms with E-state index < -0.39 is 0 Å². The third kappa shape index (κ3) is 7.79. The molecule has 5 rings (SSSR count). The van der Waals surface area contributed by atoms with Crippen LogP contribution in [0.2, 0.25) is 5.02 Å². The van der Waals surface area contributed by atoms with Gasteiger partial charge in [-0.25, -0.2) is 0 Å². The monoisotopic (exact) mass is 576 g/mol. The Kier molecular flexibility index (Phi) is 9.80. The van der Waals surface area contributed by atoms with Crippen LogP contribution >= 0.6 is 11.6 Å². The number of nitrogens with zero attached hydrogens (tertiary/aromatic N) is 2. The number of rotatable bonds is 9. The molecule has 2 heterocycles. The SMILES string of the molecule is COc1ccc2cc(C(=O)NCC3CCN(Cc4cc(C)cc(Cl)c4)C(=O)C(CCN4CCCCC4)N3)ccc2c1. The molecule has 7 nitrogen and oxygen atoms in total. The number of halogens is 1. The molecule has 2 aliphatic rings. The van der Waals surface area contributed by atoms with Gasteiger partial charge in [0, 0.05) is 42.8 Å². The van der Waals surface area contributed by atoms with Crippen molar-refractivity contribution in [3.05, 3.63) is 76.3 Å². The molecule has 0 aromatic heterocycles. The average molecular weight is 577 g/mol. The highest BCUT2D eigenvalue weighted by atomic mass is 35.5. The number of aryl methyl sites for hydroxylation is 1. The van der Waals surface area contributed by atoms with E-state index in [9.17, 15) is 9.59 Å². The fourth-order valence-corrected chi connectivity index (χ4v) is 6.35. The zero-order chi connectivity index (χ0) is 28.8. The minimum atomic E-state index is -0.294. The lowest BCUT2D eigenvalue weighted by atomic mass is 10.1. The van der Waals surface area contributed by atoms with Crippen LogP contribution in [0.1, 0.15) is 53.6 Å². The maximum absolute atomic E-state index is 13.8. The Hall–Kier alpha value is -3.13. The summed E-state index contributed by atoms with van der Waals surface area (Å²) in [6.45, 7) is 6.73. The molecule has 2 atom stereocenters. The van der Waals surface area contributed by atoms with Gasteiger partial charge in [-0.1, -0.05) is 36.2 Å². The molecule has 2 unspecified atom stereocenters. The van der Waals surface area contributed by atoms with Crippen LogP contribution in [0.4, 0.5) is 0 Å². The number of likely N-dealkylation sites (tertiary alicyclic amines) is 1. The second kappa shape index (κ2) is 13.7. The summed E-state index contributed by atoms with van der Waals surface area (Å²) in [4.78, 5) is 31.3. The molecule has 218 valence electrons. The van der Waals surface area contributed by atoms with E-state index in [-0.39, 0.29) is 23.9 Å². The summed E-state index contributed by atoms with van der Waals surface area (Å²) in [6.07, 6.45) is 5.25. The number of carbonyl (C=O) groups is 2. The van der Waals surface area contributed by atoms with Gasteiger partial charge in [-0.15, -0.1) is 0 Å². The molecule has 2 fully saturated rings. The molecule has 0 radical (unpaired) electrons. The molecule has 8 heteroatoms. The molecule has 0 saturated carbocycles. The minimum absolute atomic E-state index is 0.00919. The summed E-state index contributed by atoms with van der Waals surface area (Å²) < 4.78 is 5.31. The highest BCUT2D eigenvalue weighted by Gasteiger charge is 2.31. The Labute approximate surface area is 248 Å². The molecule has 0 bridgehead atoms. The van der Waals surface area contributed by atoms with Crippen molar-refractivity contribution in [3.63, 3.8) is 0 Å². The number of hydrogen-bond donors (Lipinski definition) is 2. The van der Waals surface area contributed by atoms with Crippen LogP contribution in [0, 0.1) is 6.92 Å². The van der Waals surface area contributed by atoms with Crippen molar-refractivity contribution in [1.82, 2.24) is 20.4 Å². The highest BCUT2D eigenvalue weighted by molar-refractivity contribution is 6.30. The Balaban J connectivity index is 1.26. The maximum Gasteiger partial charge on any atom is 0.251 e. The van der Waals surface area contributed by atoms with E-state index in [0.717, 1.165) is 60.1 Å². The normalized spacial score (nSPS) is 20.2. The molecular formula is C33H41ClN4O3. The summed E-state index contributed by atoms with van der Waals surface area (Å²) in [5.41, 5.74) is 2.74. The lowest BCUT2D eigenvalue weighted by Crippen LogP contribution is -2.50. The van der Waals surface area contributed by atoms with Crippen molar-refractivity contribution >= 4 is 34.2 Å². The number of methoxy groups -OCH3 is 1. The van der Waals surface area contributed by atoms with Crippen molar-refractivity contribution in [2.45, 2.75) is 57.7 Å². The topological polar surface area (TPSA) is 73.9 Å². The van der Waals surface area contributed by atoms with Gasteiger partial charge in [-0.05, 0) is 104 Å². The summed E-state index contributed by atoms with van der Waals surface area (Å²) >= 11 is 6.32. The summed E-state index contributed by atoms with van der Waals surface area (Å²) in [5, 5.41) is 9.44. The Morgan fingerprint density at radius 3 is 2.59 bits per heavy atom. The standard InChI is InChI=1S/C33H41ClN4O3/c1-23-16-24(18-28(34)17-23)22-38-15-10-29(36-31(33(38)40)11-14-37-12-4-3-5-13-37)21-35-32(39)27-7-6-26-20-30(41-2)9-8-25(26)19-27/h6-9,16-20,29,31,36H,3-5,10-15,21-22H2,1-2H3,(H,35,39). The zero-order valence-corrected chi connectivity index (χ0v) is 24.9. The summed E-state index contributed by atoms with van der Waals surface area (Å²) in [7, 11) is 1.65. The number of carbonyl (C=O) groups excluding carboxylic acids is 2. The zero-order valence-electron chi connectivity index (χ0n) is 24.1. The second-order valence-electron chi connectivity index (χ2n) is 11.4. The van der Waals surface area contributed by atoms with Gasteiger partial charge in [0.15, 0.2) is 0 Å². The molecule has 2 amide bonds. The van der Waals surface area contributed by atoms with Gasteiger partial charge in [0.2, 0.25) is 5.91 Å². The van der Waals surface area contributed by atoms with E-state index in [4.69, 9.17) is 16.3 Å². The van der Waals surface area contributed by atoms with Crippen LogP contribution in [0.15, 0.2) is 54.6 Å². The van der Waals surface area contributed by atoms with Gasteiger partial charge in [0.05, 0.1) is 13.2 Å². The molecular weight excluding hydrogens is 536 g/mol. The maximum atomic E-state index is 13.8. The van der Waals surface area contributed by atoms with E-state index >= 15 is 0 Å². The Bertz CT molecular complexity index is 1350. The Morgan fingerprint density at radius 2 is 1.80 bits per heavy atom. The van der Waals surface area contributed by atoms with Crippen LogP contribution < -0.4 is 15.4 Å². The molecule has 41 heavy (non-hydrogen) atoms. The summed E-state index contributed by atoms with van der Waals surface area (Å²) in [6, 6.07) is 17.2. The van der Waals surface area contributed by atoms with E-state index in [1.807, 2.05) is 60.4 Å². The molecule has 0 aliphatic carbocycles. The van der Waals surface area contributed by atoms with Crippen molar-refractivity contribution < 1.29 is 14.3 Å². The van der Waals surface area contributed by atoms with Crippen molar-refractivity contribution in [2.75, 3.05) is 39.8 Å². The third-order valence-corrected chi connectivity index (χ3v) is 8.49. The second-order valence-corrected chi connectivity index (χ2v) is 11.9. The first-order valence-corrected chi connectivity index (χ1v) is 15.1. The van der Waals surface area contributed by atoms with Crippen LogP contribution in [-0.2, 0) is 11.3 Å². The molecule has 2 saturated heterocycles. The highest BCUT2D eigenvalue weighted by Crippen LogP contribution is 2.23. The van der Waals surface area contributed by atoms with E-state index in [1.54, 1.807) is 7.11 Å². The minimum Gasteiger partial charge on any atom is -0.497 e. The van der Waals surface area contributed by atoms with Crippen molar-refractivity contribution in [1.29, 1.82) is 0 Å². The molecule has 3 aromatic rings. The van der Waals surface area contributed by atoms with Crippen molar-refractivity contribution in [3.8, 4) is 5.75 Å². The first kappa shape index (κ1) is 29.4. The van der Waals surface area contributed by atoms with Crippen LogP contribution in [0.25, 0.3) is 10.8 Å². The smallest absolute Gasteiger partial charge is 0.251 e. The van der Waals surface area contributed by atoms with Crippen LogP contribution in [0.5, 0.6) is 5.75 Å². The summed E-state index contributed by atoms with van der Waals surface area (Å²) in [5.74, 6) is 0.799. The first-order valence-electron chi connectivity index (χ1n) is 14.8. The van der Waals surface area contributed by atoms with E-state index in [2.05, 4.69) is 21.6 Å². The van der Waals surface area contributed by atoms with Gasteiger partial charge in [-0.3, -0.25) is 9.59 Å². The molecule has 2 N–H and O–H groups in total. The van der Waals surface area contributed by atoms with E-state index in [1.165, 1.54) is 19.3 Å². The molecule has 0 spiro atoms. The van der Waals surface area contributed by atoms with Crippen LogP contribution in [0.3, 0.4) is 0 Å². The van der Waals surface area contributed by atoms with Gasteiger partial charge in [-0.2, -0.15) is 0 Å². The lowest BCUT2D eigenvalue weighted by Gasteiger charge is -2.30. The number of ether oxygens (including phenoxy) is 1. The number of nitrogens with one attached hydrogen (secondary N) is 2. The lowest BCUT2D eigenvalue weighted by molar-refractivity contribution is -0.133. The fourth-order valence-electron chi connectivity index (χ4n) is 6.03. The van der Waals surface area contributed by atoms with Gasteiger partial charge < -0.3 is 25.2 Å². The number of amides is 2. The predicted molar refractivity (Wildman–Crippen MR) is 165 cm³/mol. The average Bonchev–Trinajstić information content (AvgIpc) is 3.12. The first-order chi connectivity index (χ1) is 19.9. The number of hydrogen-bond acceptors (Lipinski definition) is 5. The van der Waals surface area contributed by atoms with E-state index in [0.29, 0.717) is 30.2 Å².